The highest BCUT2D eigenvalue weighted by Crippen LogP contribution is 2.16. The first-order valence-corrected chi connectivity index (χ1v) is 4.99. The van der Waals surface area contributed by atoms with Crippen LogP contribution in [0.4, 0.5) is 5.82 Å². The Hall–Kier alpha value is -1.16. The van der Waals surface area contributed by atoms with Crippen molar-refractivity contribution in [1.82, 2.24) is 10.2 Å². The third-order valence-electron chi connectivity index (χ3n) is 2.50. The SMILES string of the molecule is Cc1ccc(N2CCC[C@@H](O)C2)nn1. The van der Waals surface area contributed by atoms with Crippen LogP contribution in [-0.2, 0) is 0 Å². The molecule has 0 bridgehead atoms. The van der Waals surface area contributed by atoms with Crippen LogP contribution < -0.4 is 4.90 Å². The van der Waals surface area contributed by atoms with Crippen molar-refractivity contribution in [2.45, 2.75) is 25.9 Å². The standard InChI is InChI=1S/C10H15N3O/c1-8-4-5-10(12-11-8)13-6-2-3-9(14)7-13/h4-5,9,14H,2-3,6-7H2,1H3/t9-/m1/s1. The van der Waals surface area contributed by atoms with Crippen molar-refractivity contribution < 1.29 is 5.11 Å². The Labute approximate surface area is 83.6 Å². The van der Waals surface area contributed by atoms with Gasteiger partial charge < -0.3 is 10.0 Å². The van der Waals surface area contributed by atoms with E-state index < -0.39 is 0 Å². The molecule has 4 nitrogen and oxygen atoms in total. The number of aliphatic hydroxyl groups is 1. The van der Waals surface area contributed by atoms with Gasteiger partial charge in [0.1, 0.15) is 0 Å². The number of nitrogens with zero attached hydrogens (tertiary/aromatic N) is 3. The largest absolute Gasteiger partial charge is 0.391 e. The van der Waals surface area contributed by atoms with Crippen molar-refractivity contribution in [2.24, 2.45) is 0 Å². The summed E-state index contributed by atoms with van der Waals surface area (Å²) in [7, 11) is 0. The lowest BCUT2D eigenvalue weighted by molar-refractivity contribution is 0.154. The second-order valence-corrected chi connectivity index (χ2v) is 3.77. The Morgan fingerprint density at radius 1 is 1.43 bits per heavy atom. The van der Waals surface area contributed by atoms with Gasteiger partial charge in [-0.25, -0.2) is 0 Å². The predicted octanol–water partition coefficient (Wildman–Crippen LogP) is 0.746. The number of hydrogen-bond acceptors (Lipinski definition) is 4. The van der Waals surface area contributed by atoms with E-state index in [4.69, 9.17) is 0 Å². The molecule has 0 amide bonds. The van der Waals surface area contributed by atoms with Gasteiger partial charge in [-0.3, -0.25) is 0 Å². The molecule has 1 N–H and O–H groups in total. The Kier molecular flexibility index (Phi) is 2.63. The van der Waals surface area contributed by atoms with Gasteiger partial charge in [0.2, 0.25) is 0 Å². The van der Waals surface area contributed by atoms with E-state index in [0.29, 0.717) is 6.54 Å². The molecule has 1 aliphatic heterocycles. The van der Waals surface area contributed by atoms with Crippen LogP contribution >= 0.6 is 0 Å². The number of aromatic nitrogens is 2. The lowest BCUT2D eigenvalue weighted by Crippen LogP contribution is -2.38. The van der Waals surface area contributed by atoms with Crippen LogP contribution in [-0.4, -0.2) is 34.5 Å². The molecule has 1 fully saturated rings. The van der Waals surface area contributed by atoms with Gasteiger partial charge in [-0.05, 0) is 31.9 Å². The number of aliphatic hydroxyl groups excluding tert-OH is 1. The average Bonchev–Trinajstić information content (AvgIpc) is 2.19. The molecule has 2 rings (SSSR count). The molecule has 4 heteroatoms. The Balaban J connectivity index is 2.10. The molecule has 76 valence electrons. The number of aryl methyl sites for hydroxylation is 1. The fourth-order valence-corrected chi connectivity index (χ4v) is 1.72. The zero-order valence-electron chi connectivity index (χ0n) is 8.35. The third kappa shape index (κ3) is 2.01. The van der Waals surface area contributed by atoms with Crippen LogP contribution in [0.25, 0.3) is 0 Å². The zero-order chi connectivity index (χ0) is 9.97. The number of rotatable bonds is 1. The van der Waals surface area contributed by atoms with E-state index in [1.165, 1.54) is 0 Å². The topological polar surface area (TPSA) is 49.2 Å². The maximum Gasteiger partial charge on any atom is 0.151 e. The minimum atomic E-state index is -0.216. The maximum atomic E-state index is 9.51. The summed E-state index contributed by atoms with van der Waals surface area (Å²) in [6.07, 6.45) is 1.71. The van der Waals surface area contributed by atoms with Crippen LogP contribution in [0.1, 0.15) is 18.5 Å². The molecule has 1 aromatic heterocycles. The molecule has 1 atom stereocenters. The summed E-state index contributed by atoms with van der Waals surface area (Å²) in [6, 6.07) is 3.91. The van der Waals surface area contributed by atoms with Gasteiger partial charge in [-0.15, -0.1) is 5.10 Å². The molecule has 14 heavy (non-hydrogen) atoms. The first-order chi connectivity index (χ1) is 6.75. The van der Waals surface area contributed by atoms with Crippen molar-refractivity contribution in [3.05, 3.63) is 17.8 Å². The van der Waals surface area contributed by atoms with Gasteiger partial charge in [-0.2, -0.15) is 5.10 Å². The van der Waals surface area contributed by atoms with Gasteiger partial charge in [0.05, 0.1) is 11.8 Å². The van der Waals surface area contributed by atoms with Gasteiger partial charge in [0.25, 0.3) is 0 Å². The molecular weight excluding hydrogens is 178 g/mol. The third-order valence-corrected chi connectivity index (χ3v) is 2.50. The van der Waals surface area contributed by atoms with Crippen LogP contribution in [0.15, 0.2) is 12.1 Å². The second kappa shape index (κ2) is 3.92. The van der Waals surface area contributed by atoms with E-state index in [1.807, 2.05) is 19.1 Å². The fraction of sp³-hybridized carbons (Fsp3) is 0.600. The van der Waals surface area contributed by atoms with Crippen molar-refractivity contribution in [1.29, 1.82) is 0 Å². The van der Waals surface area contributed by atoms with E-state index in [9.17, 15) is 5.11 Å². The summed E-state index contributed by atoms with van der Waals surface area (Å²) in [5.74, 6) is 0.870. The molecule has 1 saturated heterocycles. The van der Waals surface area contributed by atoms with Crippen molar-refractivity contribution >= 4 is 5.82 Å². The van der Waals surface area contributed by atoms with Gasteiger partial charge in [0, 0.05) is 13.1 Å². The number of hydrogen-bond donors (Lipinski definition) is 1. The highest BCUT2D eigenvalue weighted by atomic mass is 16.3. The van der Waals surface area contributed by atoms with Crippen LogP contribution in [0.5, 0.6) is 0 Å². The van der Waals surface area contributed by atoms with Crippen molar-refractivity contribution in [3.63, 3.8) is 0 Å². The average molecular weight is 193 g/mol. The lowest BCUT2D eigenvalue weighted by Gasteiger charge is -2.30. The number of β-amino-alcohol motifs (C(OH)–C–C–N with tert-alkyl or cyclic N) is 1. The van der Waals surface area contributed by atoms with Crippen molar-refractivity contribution in [2.75, 3.05) is 18.0 Å². The van der Waals surface area contributed by atoms with Crippen LogP contribution in [0.3, 0.4) is 0 Å². The molecule has 0 saturated carbocycles. The summed E-state index contributed by atoms with van der Waals surface area (Å²) >= 11 is 0. The highest BCUT2D eigenvalue weighted by Gasteiger charge is 2.18. The molecule has 0 unspecified atom stereocenters. The molecule has 1 aromatic rings. The maximum absolute atomic E-state index is 9.51. The molecule has 2 heterocycles. The van der Waals surface area contributed by atoms with E-state index in [2.05, 4.69) is 15.1 Å². The van der Waals surface area contributed by atoms with Crippen LogP contribution in [0, 0.1) is 6.92 Å². The fourth-order valence-electron chi connectivity index (χ4n) is 1.72. The highest BCUT2D eigenvalue weighted by molar-refractivity contribution is 5.37. The second-order valence-electron chi connectivity index (χ2n) is 3.77. The summed E-state index contributed by atoms with van der Waals surface area (Å²) in [6.45, 7) is 3.56. The molecule has 0 aromatic carbocycles. The Bertz CT molecular complexity index is 299. The lowest BCUT2D eigenvalue weighted by atomic mass is 10.1. The summed E-state index contributed by atoms with van der Waals surface area (Å²) < 4.78 is 0. The molecule has 0 spiro atoms. The van der Waals surface area contributed by atoms with E-state index in [1.54, 1.807) is 0 Å². The minimum Gasteiger partial charge on any atom is -0.391 e. The summed E-state index contributed by atoms with van der Waals surface area (Å²) in [5, 5.41) is 17.6. The van der Waals surface area contributed by atoms with E-state index >= 15 is 0 Å². The molecular formula is C10H15N3O. The van der Waals surface area contributed by atoms with Gasteiger partial charge in [0.15, 0.2) is 5.82 Å². The smallest absolute Gasteiger partial charge is 0.151 e. The first-order valence-electron chi connectivity index (χ1n) is 4.99. The number of anilines is 1. The molecule has 0 radical (unpaired) electrons. The quantitative estimate of drug-likeness (QED) is 0.715. The zero-order valence-corrected chi connectivity index (χ0v) is 8.35. The monoisotopic (exact) mass is 193 g/mol. The van der Waals surface area contributed by atoms with Gasteiger partial charge >= 0.3 is 0 Å². The van der Waals surface area contributed by atoms with E-state index in [0.717, 1.165) is 30.9 Å². The number of piperidine rings is 1. The Morgan fingerprint density at radius 3 is 2.93 bits per heavy atom. The molecule has 0 aliphatic carbocycles. The minimum absolute atomic E-state index is 0.216. The van der Waals surface area contributed by atoms with Crippen LogP contribution in [0.2, 0.25) is 0 Å². The predicted molar refractivity (Wildman–Crippen MR) is 54.2 cm³/mol. The van der Waals surface area contributed by atoms with Gasteiger partial charge in [-0.1, -0.05) is 0 Å². The van der Waals surface area contributed by atoms with E-state index in [-0.39, 0.29) is 6.10 Å². The molecule has 1 aliphatic rings. The summed E-state index contributed by atoms with van der Waals surface area (Å²) in [5.41, 5.74) is 0.923. The van der Waals surface area contributed by atoms with Crippen molar-refractivity contribution in [3.8, 4) is 0 Å². The Morgan fingerprint density at radius 2 is 2.29 bits per heavy atom. The normalized spacial score (nSPS) is 22.4. The first kappa shape index (κ1) is 9.40. The summed E-state index contributed by atoms with van der Waals surface area (Å²) in [4.78, 5) is 2.08.